The van der Waals surface area contributed by atoms with Crippen molar-refractivity contribution in [2.75, 3.05) is 20.6 Å². The van der Waals surface area contributed by atoms with Crippen molar-refractivity contribution in [3.05, 3.63) is 71.0 Å². The van der Waals surface area contributed by atoms with Gasteiger partial charge in [0.1, 0.15) is 5.82 Å². The van der Waals surface area contributed by atoms with Gasteiger partial charge in [0, 0.05) is 20.1 Å². The molecule has 0 saturated carbocycles. The fourth-order valence-electron chi connectivity index (χ4n) is 2.54. The summed E-state index contributed by atoms with van der Waals surface area (Å²) in [4.78, 5) is 4.15. The van der Waals surface area contributed by atoms with E-state index in [0.717, 1.165) is 5.56 Å². The summed E-state index contributed by atoms with van der Waals surface area (Å²) >= 11 is 0. The summed E-state index contributed by atoms with van der Waals surface area (Å²) in [5.74, 6) is 0.322. The lowest BCUT2D eigenvalue weighted by Crippen LogP contribution is -2.37. The Hall–Kier alpha value is -1.72. The zero-order valence-corrected chi connectivity index (χ0v) is 19.1. The lowest BCUT2D eigenvalue weighted by Gasteiger charge is -2.13. The number of aliphatic imine (C=N–C) groups is 1. The maximum Gasteiger partial charge on any atom is 0.215 e. The molecule has 0 aliphatic rings. The molecule has 2 aromatic carbocycles. The first-order chi connectivity index (χ1) is 12.9. The van der Waals surface area contributed by atoms with Crippen LogP contribution in [0.25, 0.3) is 0 Å². The van der Waals surface area contributed by atoms with Crippen molar-refractivity contribution in [3.8, 4) is 0 Å². The standard InChI is InChI=1S/C19H25FN4O2S.HI/c1-21-19(23-11-10-17-8-3-4-9-18(17)20)24-13-15-6-5-7-16(12-15)14-27(25,26)22-2;/h3-9,12,22H,10-11,13-14H2,1-2H3,(H2,21,23,24);1H. The van der Waals surface area contributed by atoms with Crippen molar-refractivity contribution in [2.24, 2.45) is 4.99 Å². The Labute approximate surface area is 183 Å². The SMILES string of the molecule is CN=C(NCCc1ccccc1F)NCc1cccc(CS(=O)(=O)NC)c1.I. The topological polar surface area (TPSA) is 82.6 Å². The predicted molar refractivity (Wildman–Crippen MR) is 122 cm³/mol. The number of benzene rings is 2. The lowest BCUT2D eigenvalue weighted by atomic mass is 10.1. The van der Waals surface area contributed by atoms with Crippen LogP contribution in [0.15, 0.2) is 53.5 Å². The molecule has 28 heavy (non-hydrogen) atoms. The van der Waals surface area contributed by atoms with E-state index in [0.29, 0.717) is 36.6 Å². The third-order valence-corrected chi connectivity index (χ3v) is 5.32. The monoisotopic (exact) mass is 520 g/mol. The number of nitrogens with one attached hydrogen (secondary N) is 3. The highest BCUT2D eigenvalue weighted by Crippen LogP contribution is 2.09. The molecule has 0 heterocycles. The second kappa shape index (κ2) is 12.0. The first-order valence-electron chi connectivity index (χ1n) is 8.60. The fourth-order valence-corrected chi connectivity index (χ4v) is 3.31. The predicted octanol–water partition coefficient (Wildman–Crippen LogP) is 2.40. The van der Waals surface area contributed by atoms with Crippen LogP contribution in [0.5, 0.6) is 0 Å². The zero-order chi connectivity index (χ0) is 19.7. The minimum Gasteiger partial charge on any atom is -0.356 e. The quantitative estimate of drug-likeness (QED) is 0.284. The van der Waals surface area contributed by atoms with Crippen molar-refractivity contribution in [1.29, 1.82) is 0 Å². The molecule has 2 rings (SSSR count). The molecule has 0 unspecified atom stereocenters. The van der Waals surface area contributed by atoms with E-state index in [-0.39, 0.29) is 35.5 Å². The molecular formula is C19H26FIN4O2S. The lowest BCUT2D eigenvalue weighted by molar-refractivity contribution is 0.587. The third kappa shape index (κ3) is 8.11. The summed E-state index contributed by atoms with van der Waals surface area (Å²) in [6.45, 7) is 1.04. The van der Waals surface area contributed by atoms with Crippen molar-refractivity contribution >= 4 is 40.0 Å². The number of nitrogens with zero attached hydrogens (tertiary/aromatic N) is 1. The van der Waals surface area contributed by atoms with E-state index in [1.807, 2.05) is 24.3 Å². The Bertz CT molecular complexity index is 891. The first kappa shape index (κ1) is 24.3. The summed E-state index contributed by atoms with van der Waals surface area (Å²) in [6.07, 6.45) is 0.546. The maximum absolute atomic E-state index is 13.6. The molecule has 6 nitrogen and oxygen atoms in total. The minimum atomic E-state index is -3.30. The number of sulfonamides is 1. The van der Waals surface area contributed by atoms with Crippen LogP contribution in [0.2, 0.25) is 0 Å². The number of rotatable bonds is 8. The maximum atomic E-state index is 13.6. The van der Waals surface area contributed by atoms with Gasteiger partial charge in [-0.3, -0.25) is 4.99 Å². The van der Waals surface area contributed by atoms with E-state index in [4.69, 9.17) is 0 Å². The van der Waals surface area contributed by atoms with Gasteiger partial charge in [0.2, 0.25) is 10.0 Å². The molecule has 0 bridgehead atoms. The Balaban J connectivity index is 0.00000392. The van der Waals surface area contributed by atoms with E-state index in [1.165, 1.54) is 13.1 Å². The van der Waals surface area contributed by atoms with Gasteiger partial charge in [0.15, 0.2) is 5.96 Å². The fraction of sp³-hybridized carbons (Fsp3) is 0.316. The van der Waals surface area contributed by atoms with Gasteiger partial charge in [-0.15, -0.1) is 24.0 Å². The molecule has 0 saturated heterocycles. The van der Waals surface area contributed by atoms with E-state index in [1.54, 1.807) is 25.2 Å². The molecule has 0 amide bonds. The van der Waals surface area contributed by atoms with Crippen LogP contribution in [0, 0.1) is 5.82 Å². The van der Waals surface area contributed by atoms with Crippen LogP contribution in [0.1, 0.15) is 16.7 Å². The van der Waals surface area contributed by atoms with Gasteiger partial charge in [-0.1, -0.05) is 42.5 Å². The number of guanidine groups is 1. The molecule has 0 fully saturated rings. The van der Waals surface area contributed by atoms with Crippen LogP contribution < -0.4 is 15.4 Å². The second-order valence-electron chi connectivity index (χ2n) is 5.98. The summed E-state index contributed by atoms with van der Waals surface area (Å²) < 4.78 is 39.3. The van der Waals surface area contributed by atoms with E-state index >= 15 is 0 Å². The van der Waals surface area contributed by atoms with Crippen molar-refractivity contribution in [1.82, 2.24) is 15.4 Å². The van der Waals surface area contributed by atoms with Gasteiger partial charge in [-0.2, -0.15) is 0 Å². The van der Waals surface area contributed by atoms with Gasteiger partial charge < -0.3 is 10.6 Å². The summed E-state index contributed by atoms with van der Waals surface area (Å²) in [5, 5.41) is 6.31. The third-order valence-electron chi connectivity index (χ3n) is 3.99. The Morgan fingerprint density at radius 3 is 2.46 bits per heavy atom. The smallest absolute Gasteiger partial charge is 0.215 e. The Morgan fingerprint density at radius 1 is 1.07 bits per heavy atom. The van der Waals surface area contributed by atoms with Gasteiger partial charge in [-0.25, -0.2) is 17.5 Å². The number of halogens is 2. The molecule has 2 aromatic rings. The minimum absolute atomic E-state index is 0. The van der Waals surface area contributed by atoms with Crippen molar-refractivity contribution in [3.63, 3.8) is 0 Å². The summed E-state index contributed by atoms with van der Waals surface area (Å²) in [5.41, 5.74) is 2.31. The second-order valence-corrected chi connectivity index (χ2v) is 7.90. The van der Waals surface area contributed by atoms with Crippen LogP contribution in [-0.4, -0.2) is 35.0 Å². The number of hydrogen-bond acceptors (Lipinski definition) is 3. The zero-order valence-electron chi connectivity index (χ0n) is 15.9. The molecule has 154 valence electrons. The highest BCUT2D eigenvalue weighted by molar-refractivity contribution is 14.0. The van der Waals surface area contributed by atoms with E-state index < -0.39 is 10.0 Å². The van der Waals surface area contributed by atoms with Crippen LogP contribution in [0.3, 0.4) is 0 Å². The largest absolute Gasteiger partial charge is 0.356 e. The molecule has 0 spiro atoms. The first-order valence-corrected chi connectivity index (χ1v) is 10.3. The molecular weight excluding hydrogens is 494 g/mol. The molecule has 0 aliphatic carbocycles. The summed E-state index contributed by atoms with van der Waals surface area (Å²) in [7, 11) is -0.243. The molecule has 0 aromatic heterocycles. The van der Waals surface area contributed by atoms with E-state index in [9.17, 15) is 12.8 Å². The molecule has 0 atom stereocenters. The van der Waals surface area contributed by atoms with E-state index in [2.05, 4.69) is 20.3 Å². The van der Waals surface area contributed by atoms with Crippen LogP contribution in [0.4, 0.5) is 4.39 Å². The van der Waals surface area contributed by atoms with Gasteiger partial charge in [-0.05, 0) is 36.2 Å². The van der Waals surface area contributed by atoms with Gasteiger partial charge in [0.05, 0.1) is 5.75 Å². The number of hydrogen-bond donors (Lipinski definition) is 3. The molecule has 0 radical (unpaired) electrons. The van der Waals surface area contributed by atoms with Crippen LogP contribution in [-0.2, 0) is 28.7 Å². The summed E-state index contributed by atoms with van der Waals surface area (Å²) in [6, 6.07) is 14.0. The highest BCUT2D eigenvalue weighted by atomic mass is 127. The Kier molecular flexibility index (Phi) is 10.4. The average molecular weight is 520 g/mol. The van der Waals surface area contributed by atoms with Crippen molar-refractivity contribution in [2.45, 2.75) is 18.7 Å². The Morgan fingerprint density at radius 2 is 1.79 bits per heavy atom. The van der Waals surface area contributed by atoms with Crippen LogP contribution >= 0.6 is 24.0 Å². The highest BCUT2D eigenvalue weighted by Gasteiger charge is 2.09. The normalized spacial score (nSPS) is 11.6. The van der Waals surface area contributed by atoms with Gasteiger partial charge >= 0.3 is 0 Å². The molecule has 9 heteroatoms. The average Bonchev–Trinajstić information content (AvgIpc) is 2.66. The van der Waals surface area contributed by atoms with Gasteiger partial charge in [0.25, 0.3) is 0 Å². The van der Waals surface area contributed by atoms with Crippen molar-refractivity contribution < 1.29 is 12.8 Å². The molecule has 0 aliphatic heterocycles. The molecule has 3 N–H and O–H groups in total.